The van der Waals surface area contributed by atoms with E-state index in [2.05, 4.69) is 16.0 Å². The number of hydrogen-bond donors (Lipinski definition) is 7. The van der Waals surface area contributed by atoms with Gasteiger partial charge in [-0.3, -0.25) is 24.0 Å². The third kappa shape index (κ3) is 10.9. The Labute approximate surface area is 203 Å². The Hall–Kier alpha value is -3.67. The fraction of sp³-hybridized carbons (Fsp3) is 0.522. The number of carboxylic acids is 1. The number of phenols is 1. The maximum atomic E-state index is 13.0. The van der Waals surface area contributed by atoms with Crippen LogP contribution in [0.3, 0.4) is 0 Å². The van der Waals surface area contributed by atoms with Gasteiger partial charge in [0.2, 0.25) is 23.6 Å². The highest BCUT2D eigenvalue weighted by molar-refractivity contribution is 5.94. The molecule has 0 aliphatic heterocycles. The molecule has 12 heteroatoms. The molecule has 35 heavy (non-hydrogen) atoms. The first-order valence-corrected chi connectivity index (χ1v) is 11.3. The van der Waals surface area contributed by atoms with Crippen molar-refractivity contribution in [3.63, 3.8) is 0 Å². The van der Waals surface area contributed by atoms with Crippen LogP contribution in [0.4, 0.5) is 0 Å². The summed E-state index contributed by atoms with van der Waals surface area (Å²) in [7, 11) is 0. The maximum Gasteiger partial charge on any atom is 0.325 e. The van der Waals surface area contributed by atoms with Gasteiger partial charge in [-0.25, -0.2) is 0 Å². The molecule has 0 heterocycles. The van der Waals surface area contributed by atoms with Crippen molar-refractivity contribution in [3.8, 4) is 5.75 Å². The molecule has 194 valence electrons. The third-order valence-corrected chi connectivity index (χ3v) is 5.11. The quantitative estimate of drug-likeness (QED) is 0.172. The van der Waals surface area contributed by atoms with Crippen LogP contribution in [0, 0.1) is 5.92 Å². The largest absolute Gasteiger partial charge is 0.508 e. The molecule has 0 aliphatic carbocycles. The fourth-order valence-corrected chi connectivity index (χ4v) is 3.16. The third-order valence-electron chi connectivity index (χ3n) is 5.11. The maximum absolute atomic E-state index is 13.0. The summed E-state index contributed by atoms with van der Waals surface area (Å²) in [6.45, 7) is 4.94. The van der Waals surface area contributed by atoms with Gasteiger partial charge in [0, 0.05) is 6.42 Å². The molecule has 0 aromatic heterocycles. The lowest BCUT2D eigenvalue weighted by Crippen LogP contribution is -2.57. The first kappa shape index (κ1) is 29.4. The van der Waals surface area contributed by atoms with E-state index in [1.54, 1.807) is 12.1 Å². The second-order valence-corrected chi connectivity index (χ2v) is 8.80. The highest BCUT2D eigenvalue weighted by atomic mass is 16.4. The normalized spacial score (nSPS) is 14.3. The van der Waals surface area contributed by atoms with Gasteiger partial charge in [-0.15, -0.1) is 0 Å². The summed E-state index contributed by atoms with van der Waals surface area (Å²) in [6.07, 6.45) is 0.0263. The Morgan fingerprint density at radius 1 is 0.886 bits per heavy atom. The van der Waals surface area contributed by atoms with Crippen molar-refractivity contribution in [3.05, 3.63) is 29.8 Å². The summed E-state index contributed by atoms with van der Waals surface area (Å²) < 4.78 is 0. The molecule has 0 saturated heterocycles. The highest BCUT2D eigenvalue weighted by Gasteiger charge is 2.30. The Balaban J connectivity index is 2.93. The van der Waals surface area contributed by atoms with Gasteiger partial charge in [-0.05, 0) is 49.8 Å². The number of aromatic hydroxyl groups is 1. The number of carbonyl (C=O) groups excluding carboxylic acids is 4. The number of amides is 4. The van der Waals surface area contributed by atoms with E-state index in [-0.39, 0.29) is 37.4 Å². The zero-order valence-electron chi connectivity index (χ0n) is 20.1. The van der Waals surface area contributed by atoms with Crippen LogP contribution in [0.5, 0.6) is 5.75 Å². The van der Waals surface area contributed by atoms with Crippen molar-refractivity contribution in [2.45, 2.75) is 70.6 Å². The van der Waals surface area contributed by atoms with Crippen LogP contribution in [0.15, 0.2) is 24.3 Å². The van der Waals surface area contributed by atoms with E-state index in [0.717, 1.165) is 0 Å². The molecule has 0 radical (unpaired) electrons. The first-order chi connectivity index (χ1) is 16.3. The van der Waals surface area contributed by atoms with Crippen molar-refractivity contribution in [2.75, 3.05) is 0 Å². The predicted octanol–water partition coefficient (Wildman–Crippen LogP) is -0.867. The number of nitrogens with two attached hydrogens (primary N) is 2. The molecule has 0 bridgehead atoms. The molecule has 12 nitrogen and oxygen atoms in total. The van der Waals surface area contributed by atoms with Crippen LogP contribution in [-0.4, -0.2) is 64.0 Å². The summed E-state index contributed by atoms with van der Waals surface area (Å²) in [5.74, 6) is -3.97. The van der Waals surface area contributed by atoms with Crippen LogP contribution in [0.2, 0.25) is 0 Å². The van der Waals surface area contributed by atoms with E-state index < -0.39 is 53.8 Å². The van der Waals surface area contributed by atoms with Gasteiger partial charge in [0.05, 0.1) is 6.04 Å². The predicted molar refractivity (Wildman–Crippen MR) is 127 cm³/mol. The average Bonchev–Trinajstić information content (AvgIpc) is 2.76. The molecule has 0 spiro atoms. The fourth-order valence-electron chi connectivity index (χ4n) is 3.16. The Bertz CT molecular complexity index is 904. The standard InChI is InChI=1S/C23H35N5O7/c1-12(2)10-18(28-20(31)16(24)11-14-4-6-15(29)7-5-14)22(33)27-17(8-9-19(25)30)21(32)26-13(3)23(34)35/h4-7,12-13,16-18,29H,8-11,24H2,1-3H3,(H2,25,30)(H,26,32)(H,27,33)(H,28,31)(H,34,35). The minimum Gasteiger partial charge on any atom is -0.508 e. The van der Waals surface area contributed by atoms with E-state index in [0.29, 0.717) is 5.56 Å². The van der Waals surface area contributed by atoms with E-state index >= 15 is 0 Å². The first-order valence-electron chi connectivity index (χ1n) is 11.3. The molecular weight excluding hydrogens is 458 g/mol. The molecule has 0 aliphatic rings. The molecule has 4 amide bonds. The second kappa shape index (κ2) is 13.9. The van der Waals surface area contributed by atoms with Crippen LogP contribution in [0.25, 0.3) is 0 Å². The Morgan fingerprint density at radius 2 is 1.43 bits per heavy atom. The molecule has 1 aromatic carbocycles. The number of aliphatic carboxylic acids is 1. The highest BCUT2D eigenvalue weighted by Crippen LogP contribution is 2.12. The number of nitrogens with one attached hydrogen (secondary N) is 3. The lowest BCUT2D eigenvalue weighted by molar-refractivity contribution is -0.142. The van der Waals surface area contributed by atoms with Crippen LogP contribution in [0.1, 0.15) is 45.6 Å². The number of carbonyl (C=O) groups is 5. The van der Waals surface area contributed by atoms with Gasteiger partial charge in [-0.2, -0.15) is 0 Å². The summed E-state index contributed by atoms with van der Waals surface area (Å²) in [5.41, 5.74) is 11.9. The number of carboxylic acid groups (broad SMARTS) is 1. The van der Waals surface area contributed by atoms with E-state index in [1.807, 2.05) is 13.8 Å². The topological polar surface area (TPSA) is 214 Å². The second-order valence-electron chi connectivity index (χ2n) is 8.80. The summed E-state index contributed by atoms with van der Waals surface area (Å²) in [4.78, 5) is 60.5. The van der Waals surface area contributed by atoms with Crippen LogP contribution < -0.4 is 27.4 Å². The van der Waals surface area contributed by atoms with E-state index in [1.165, 1.54) is 19.1 Å². The summed E-state index contributed by atoms with van der Waals surface area (Å²) in [5, 5.41) is 25.7. The smallest absolute Gasteiger partial charge is 0.325 e. The SMILES string of the molecule is CC(C)CC(NC(=O)C(N)Cc1ccc(O)cc1)C(=O)NC(CCC(N)=O)C(=O)NC(C)C(=O)O. The Kier molecular flexibility index (Phi) is 11.7. The number of primary amides is 1. The molecule has 4 unspecified atom stereocenters. The monoisotopic (exact) mass is 493 g/mol. The number of rotatable bonds is 14. The van der Waals surface area contributed by atoms with Gasteiger partial charge < -0.3 is 37.6 Å². The number of benzene rings is 1. The lowest BCUT2D eigenvalue weighted by atomic mass is 10.0. The van der Waals surface area contributed by atoms with Crippen LogP contribution >= 0.6 is 0 Å². The van der Waals surface area contributed by atoms with Gasteiger partial charge in [-0.1, -0.05) is 26.0 Å². The van der Waals surface area contributed by atoms with Crippen LogP contribution in [-0.2, 0) is 30.4 Å². The van der Waals surface area contributed by atoms with Crippen molar-refractivity contribution < 1.29 is 34.2 Å². The van der Waals surface area contributed by atoms with Gasteiger partial charge in [0.15, 0.2) is 0 Å². The minimum absolute atomic E-state index is 0.00991. The molecule has 9 N–H and O–H groups in total. The molecule has 1 aromatic rings. The van der Waals surface area contributed by atoms with Gasteiger partial charge in [0.1, 0.15) is 23.9 Å². The van der Waals surface area contributed by atoms with Crippen molar-refractivity contribution >= 4 is 29.6 Å². The average molecular weight is 494 g/mol. The lowest BCUT2D eigenvalue weighted by Gasteiger charge is -2.25. The molecule has 0 fully saturated rings. The number of phenolic OH excluding ortho intramolecular Hbond substituents is 1. The summed E-state index contributed by atoms with van der Waals surface area (Å²) in [6, 6.07) is 1.71. The zero-order chi connectivity index (χ0) is 26.7. The van der Waals surface area contributed by atoms with E-state index in [9.17, 15) is 29.1 Å². The molecular formula is C23H35N5O7. The number of hydrogen-bond acceptors (Lipinski definition) is 7. The zero-order valence-corrected chi connectivity index (χ0v) is 20.1. The van der Waals surface area contributed by atoms with E-state index in [4.69, 9.17) is 16.6 Å². The molecule has 0 saturated carbocycles. The molecule has 4 atom stereocenters. The van der Waals surface area contributed by atoms with Crippen molar-refractivity contribution in [2.24, 2.45) is 17.4 Å². The van der Waals surface area contributed by atoms with Crippen molar-refractivity contribution in [1.82, 2.24) is 16.0 Å². The van der Waals surface area contributed by atoms with Crippen molar-refractivity contribution in [1.29, 1.82) is 0 Å². The van der Waals surface area contributed by atoms with Gasteiger partial charge >= 0.3 is 5.97 Å². The van der Waals surface area contributed by atoms with Gasteiger partial charge in [0.25, 0.3) is 0 Å². The Morgan fingerprint density at radius 3 is 1.94 bits per heavy atom. The molecule has 1 rings (SSSR count). The summed E-state index contributed by atoms with van der Waals surface area (Å²) >= 11 is 0. The minimum atomic E-state index is -1.27.